The number of nitrogens with zero attached hydrogens (tertiary/aromatic N) is 1. The van der Waals surface area contributed by atoms with Crippen LogP contribution in [0.1, 0.15) is 42.4 Å². The number of carbonyl (C=O) groups excluding carboxylic acids is 1. The van der Waals surface area contributed by atoms with Gasteiger partial charge in [0.15, 0.2) is 5.16 Å². The number of H-pyrrole nitrogens is 1. The Kier molecular flexibility index (Phi) is 5.08. The second-order valence-corrected chi connectivity index (χ2v) is 6.99. The molecule has 0 fully saturated rings. The van der Waals surface area contributed by atoms with Gasteiger partial charge in [-0.1, -0.05) is 30.8 Å². The molecule has 1 aromatic carbocycles. The molecule has 1 aliphatic rings. The van der Waals surface area contributed by atoms with Crippen LogP contribution in [-0.2, 0) is 11.0 Å². The van der Waals surface area contributed by atoms with Crippen molar-refractivity contribution in [3.05, 3.63) is 51.3 Å². The van der Waals surface area contributed by atoms with Crippen LogP contribution in [0.25, 0.3) is 0 Å². The Morgan fingerprint density at radius 1 is 1.23 bits per heavy atom. The Bertz CT molecular complexity index is 878. The third-order valence-corrected chi connectivity index (χ3v) is 5.09. The van der Waals surface area contributed by atoms with Gasteiger partial charge in [-0.05, 0) is 24.1 Å². The van der Waals surface area contributed by atoms with E-state index in [9.17, 15) is 22.8 Å². The van der Waals surface area contributed by atoms with Crippen molar-refractivity contribution < 1.29 is 18.0 Å². The van der Waals surface area contributed by atoms with Crippen molar-refractivity contribution >= 4 is 23.5 Å². The summed E-state index contributed by atoms with van der Waals surface area (Å²) in [6.07, 6.45) is -3.57. The number of benzene rings is 1. The standard InChI is InChI=1S/C17H16F3N3O2S/c1-2-7-26-16-22-14-13(15(25)23-16)11(8-12(24)21-14)9-3-5-10(6-4-9)17(18,19)20/h3-6,11H,2,7-8H2,1H3,(H2,21,22,23,24,25)/t11-/m0/s1. The largest absolute Gasteiger partial charge is 0.416 e. The fourth-order valence-corrected chi connectivity index (χ4v) is 3.53. The molecule has 0 aliphatic carbocycles. The van der Waals surface area contributed by atoms with E-state index >= 15 is 0 Å². The molecule has 1 aromatic heterocycles. The van der Waals surface area contributed by atoms with Gasteiger partial charge >= 0.3 is 6.18 Å². The second kappa shape index (κ2) is 7.14. The van der Waals surface area contributed by atoms with Crippen molar-refractivity contribution in [1.82, 2.24) is 9.97 Å². The monoisotopic (exact) mass is 383 g/mol. The zero-order valence-electron chi connectivity index (χ0n) is 13.8. The predicted molar refractivity (Wildman–Crippen MR) is 92.4 cm³/mol. The molecule has 0 spiro atoms. The molecule has 2 heterocycles. The lowest BCUT2D eigenvalue weighted by molar-refractivity contribution is -0.137. The van der Waals surface area contributed by atoms with Crippen LogP contribution in [0.4, 0.5) is 19.0 Å². The average molecular weight is 383 g/mol. The van der Waals surface area contributed by atoms with Crippen molar-refractivity contribution in [3.63, 3.8) is 0 Å². The van der Waals surface area contributed by atoms with Gasteiger partial charge in [0.05, 0.1) is 11.1 Å². The molecular weight excluding hydrogens is 367 g/mol. The lowest BCUT2D eigenvalue weighted by Crippen LogP contribution is -2.31. The summed E-state index contributed by atoms with van der Waals surface area (Å²) in [6, 6.07) is 4.51. The summed E-state index contributed by atoms with van der Waals surface area (Å²) in [5, 5.41) is 3.00. The first-order valence-electron chi connectivity index (χ1n) is 8.03. The summed E-state index contributed by atoms with van der Waals surface area (Å²) < 4.78 is 38.2. The molecule has 3 rings (SSSR count). The number of aromatic nitrogens is 2. The Hall–Kier alpha value is -2.29. The van der Waals surface area contributed by atoms with E-state index in [0.717, 1.165) is 24.3 Å². The minimum absolute atomic E-state index is 0.0232. The number of aromatic amines is 1. The third kappa shape index (κ3) is 3.77. The van der Waals surface area contributed by atoms with Gasteiger partial charge < -0.3 is 10.3 Å². The van der Waals surface area contributed by atoms with Crippen LogP contribution in [-0.4, -0.2) is 21.6 Å². The topological polar surface area (TPSA) is 74.8 Å². The number of fused-ring (bicyclic) bond motifs is 1. The van der Waals surface area contributed by atoms with Crippen LogP contribution < -0.4 is 10.9 Å². The maximum atomic E-state index is 12.7. The van der Waals surface area contributed by atoms with Crippen molar-refractivity contribution in [3.8, 4) is 0 Å². The van der Waals surface area contributed by atoms with E-state index in [1.54, 1.807) is 0 Å². The normalized spacial score (nSPS) is 16.9. The molecule has 5 nitrogen and oxygen atoms in total. The van der Waals surface area contributed by atoms with E-state index in [0.29, 0.717) is 10.7 Å². The number of anilines is 1. The molecule has 1 amide bonds. The number of rotatable bonds is 4. The van der Waals surface area contributed by atoms with E-state index in [4.69, 9.17) is 0 Å². The zero-order chi connectivity index (χ0) is 18.9. The fraction of sp³-hybridized carbons (Fsp3) is 0.353. The molecule has 2 aromatic rings. The number of halogens is 3. The molecule has 9 heteroatoms. The van der Waals surface area contributed by atoms with Crippen LogP contribution in [0.15, 0.2) is 34.2 Å². The molecule has 2 N–H and O–H groups in total. The first-order chi connectivity index (χ1) is 12.3. The maximum absolute atomic E-state index is 12.7. The van der Waals surface area contributed by atoms with Gasteiger partial charge in [0.1, 0.15) is 5.82 Å². The van der Waals surface area contributed by atoms with Crippen LogP contribution in [0.2, 0.25) is 0 Å². The Balaban J connectivity index is 2.01. The van der Waals surface area contributed by atoms with Crippen LogP contribution >= 0.6 is 11.8 Å². The lowest BCUT2D eigenvalue weighted by atomic mass is 9.86. The summed E-state index contributed by atoms with van der Waals surface area (Å²) in [4.78, 5) is 31.5. The van der Waals surface area contributed by atoms with Gasteiger partial charge in [-0.25, -0.2) is 4.98 Å². The first-order valence-corrected chi connectivity index (χ1v) is 9.02. The van der Waals surface area contributed by atoms with Gasteiger partial charge in [-0.2, -0.15) is 13.2 Å². The summed E-state index contributed by atoms with van der Waals surface area (Å²) in [7, 11) is 0. The number of amides is 1. The number of hydrogen-bond acceptors (Lipinski definition) is 4. The number of carbonyl (C=O) groups is 1. The van der Waals surface area contributed by atoms with Crippen molar-refractivity contribution in [2.45, 2.75) is 37.0 Å². The van der Waals surface area contributed by atoms with E-state index in [1.165, 1.54) is 23.9 Å². The highest BCUT2D eigenvalue weighted by Gasteiger charge is 2.33. The molecule has 0 saturated heterocycles. The average Bonchev–Trinajstić information content (AvgIpc) is 2.58. The van der Waals surface area contributed by atoms with Crippen LogP contribution in [0.3, 0.4) is 0 Å². The van der Waals surface area contributed by atoms with E-state index < -0.39 is 23.2 Å². The number of hydrogen-bond donors (Lipinski definition) is 2. The van der Waals surface area contributed by atoms with E-state index in [-0.39, 0.29) is 23.7 Å². The summed E-state index contributed by atoms with van der Waals surface area (Å²) >= 11 is 1.37. The van der Waals surface area contributed by atoms with Gasteiger partial charge in [0.25, 0.3) is 5.56 Å². The predicted octanol–water partition coefficient (Wildman–Crippen LogP) is 3.76. The smallest absolute Gasteiger partial charge is 0.310 e. The number of alkyl halides is 3. The SMILES string of the molecule is CCCSc1nc2c(c(=O)[nH]1)[C@H](c1ccc(C(F)(F)F)cc1)CC(=O)N2. The quantitative estimate of drug-likeness (QED) is 0.623. The Morgan fingerprint density at radius 2 is 1.92 bits per heavy atom. The van der Waals surface area contributed by atoms with E-state index in [2.05, 4.69) is 15.3 Å². The van der Waals surface area contributed by atoms with Gasteiger partial charge in [-0.3, -0.25) is 9.59 Å². The maximum Gasteiger partial charge on any atom is 0.416 e. The highest BCUT2D eigenvalue weighted by Crippen LogP contribution is 2.36. The molecular formula is C17H16F3N3O2S. The van der Waals surface area contributed by atoms with Crippen molar-refractivity contribution in [2.75, 3.05) is 11.1 Å². The summed E-state index contributed by atoms with van der Waals surface area (Å²) in [5.74, 6) is -0.0270. The third-order valence-electron chi connectivity index (χ3n) is 4.01. The van der Waals surface area contributed by atoms with Gasteiger partial charge in [0, 0.05) is 18.1 Å². The Morgan fingerprint density at radius 3 is 2.54 bits per heavy atom. The molecule has 0 radical (unpaired) electrons. The minimum Gasteiger partial charge on any atom is -0.310 e. The van der Waals surface area contributed by atoms with Gasteiger partial charge in [0.2, 0.25) is 5.91 Å². The van der Waals surface area contributed by atoms with Gasteiger partial charge in [-0.15, -0.1) is 0 Å². The zero-order valence-corrected chi connectivity index (χ0v) is 14.6. The number of thioether (sulfide) groups is 1. The minimum atomic E-state index is -4.44. The van der Waals surface area contributed by atoms with Crippen LogP contribution in [0.5, 0.6) is 0 Å². The van der Waals surface area contributed by atoms with Crippen molar-refractivity contribution in [2.24, 2.45) is 0 Å². The molecule has 0 saturated carbocycles. The summed E-state index contributed by atoms with van der Waals surface area (Å²) in [5.41, 5.74) is -0.431. The molecule has 0 bridgehead atoms. The molecule has 1 atom stereocenters. The molecule has 0 unspecified atom stereocenters. The Labute approximate surface area is 151 Å². The first kappa shape index (κ1) is 18.5. The highest BCUT2D eigenvalue weighted by molar-refractivity contribution is 7.99. The highest BCUT2D eigenvalue weighted by atomic mass is 32.2. The lowest BCUT2D eigenvalue weighted by Gasteiger charge is -2.24. The second-order valence-electron chi connectivity index (χ2n) is 5.91. The van der Waals surface area contributed by atoms with Crippen LogP contribution in [0, 0.1) is 0 Å². The molecule has 1 aliphatic heterocycles. The summed E-state index contributed by atoms with van der Waals surface area (Å²) in [6.45, 7) is 1.99. The molecule has 26 heavy (non-hydrogen) atoms. The number of nitrogens with one attached hydrogen (secondary N) is 2. The fourth-order valence-electron chi connectivity index (χ4n) is 2.81. The van der Waals surface area contributed by atoms with Crippen molar-refractivity contribution in [1.29, 1.82) is 0 Å². The molecule has 138 valence electrons. The van der Waals surface area contributed by atoms with E-state index in [1.807, 2.05) is 6.92 Å².